The van der Waals surface area contributed by atoms with Crippen LogP contribution in [0.1, 0.15) is 21.6 Å². The van der Waals surface area contributed by atoms with Gasteiger partial charge in [0.25, 0.3) is 0 Å². The lowest BCUT2D eigenvalue weighted by Gasteiger charge is -2.13. The number of carbonyl (C=O) groups is 1. The minimum atomic E-state index is -4.83. The maximum absolute atomic E-state index is 13.5. The lowest BCUT2D eigenvalue weighted by molar-refractivity contribution is -0.138. The highest BCUT2D eigenvalue weighted by Gasteiger charge is 2.35. The summed E-state index contributed by atoms with van der Waals surface area (Å²) in [5.41, 5.74) is -3.57. The summed E-state index contributed by atoms with van der Waals surface area (Å²) >= 11 is 0. The van der Waals surface area contributed by atoms with Gasteiger partial charge in [-0.3, -0.25) is 0 Å². The van der Waals surface area contributed by atoms with Crippen LogP contribution in [0.2, 0.25) is 0 Å². The summed E-state index contributed by atoms with van der Waals surface area (Å²) in [6.45, 7) is 0. The number of hydrogen-bond acceptors (Lipinski definition) is 7. The zero-order chi connectivity index (χ0) is 24.7. The first-order chi connectivity index (χ1) is 15.9. The Morgan fingerprint density at radius 3 is 2.18 bits per heavy atom. The number of halogens is 6. The van der Waals surface area contributed by atoms with Gasteiger partial charge >= 0.3 is 18.3 Å². The van der Waals surface area contributed by atoms with Crippen molar-refractivity contribution in [3.05, 3.63) is 65.7 Å². The summed E-state index contributed by atoms with van der Waals surface area (Å²) in [6, 6.07) is 5.32. The second-order valence-electron chi connectivity index (χ2n) is 6.74. The minimum absolute atomic E-state index is 0.0370. The van der Waals surface area contributed by atoms with Gasteiger partial charge in [-0.2, -0.15) is 26.3 Å². The first-order valence-corrected chi connectivity index (χ1v) is 9.17. The molecule has 0 radical (unpaired) electrons. The molecule has 8 nitrogen and oxygen atoms in total. The van der Waals surface area contributed by atoms with E-state index >= 15 is 0 Å². The van der Waals surface area contributed by atoms with Crippen molar-refractivity contribution in [3.8, 4) is 11.4 Å². The van der Waals surface area contributed by atoms with Crippen LogP contribution in [0.4, 0.5) is 38.0 Å². The van der Waals surface area contributed by atoms with Gasteiger partial charge in [0.2, 0.25) is 5.95 Å². The lowest BCUT2D eigenvalue weighted by Crippen LogP contribution is -2.12. The number of hydrogen-bond donors (Lipinski definition) is 2. The van der Waals surface area contributed by atoms with Crippen LogP contribution in [0, 0.1) is 0 Å². The third kappa shape index (κ3) is 4.55. The minimum Gasteiger partial charge on any atom is -0.477 e. The molecule has 0 aliphatic heterocycles. The van der Waals surface area contributed by atoms with Crippen LogP contribution >= 0.6 is 0 Å². The molecule has 0 aliphatic rings. The van der Waals surface area contributed by atoms with E-state index in [1.165, 1.54) is 24.4 Å². The highest BCUT2D eigenvalue weighted by molar-refractivity contribution is 5.91. The fourth-order valence-electron chi connectivity index (χ4n) is 2.93. The number of carboxylic acid groups (broad SMARTS) is 1. The topological polar surface area (TPSA) is 114 Å². The summed E-state index contributed by atoms with van der Waals surface area (Å²) in [6.07, 6.45) is -6.99. The predicted molar refractivity (Wildman–Crippen MR) is 105 cm³/mol. The predicted octanol–water partition coefficient (Wildman–Crippen LogP) is 4.96. The Bertz CT molecular complexity index is 1390. The van der Waals surface area contributed by atoms with Gasteiger partial charge in [-0.25, -0.2) is 29.7 Å². The number of alkyl halides is 6. The van der Waals surface area contributed by atoms with E-state index in [2.05, 4.69) is 30.2 Å². The van der Waals surface area contributed by atoms with Crippen molar-refractivity contribution in [2.45, 2.75) is 12.4 Å². The Hall–Kier alpha value is -4.36. The maximum Gasteiger partial charge on any atom is 0.419 e. The number of rotatable bonds is 4. The Kier molecular flexibility index (Phi) is 5.51. The van der Waals surface area contributed by atoms with Crippen molar-refractivity contribution in [1.29, 1.82) is 0 Å². The Morgan fingerprint density at radius 1 is 0.853 bits per heavy atom. The Labute approximate surface area is 185 Å². The van der Waals surface area contributed by atoms with Gasteiger partial charge in [0.1, 0.15) is 11.4 Å². The Balaban J connectivity index is 1.75. The van der Waals surface area contributed by atoms with Gasteiger partial charge in [0.15, 0.2) is 5.65 Å². The molecule has 0 spiro atoms. The van der Waals surface area contributed by atoms with E-state index in [-0.39, 0.29) is 28.4 Å². The molecule has 0 saturated carbocycles. The molecule has 4 heterocycles. The first-order valence-electron chi connectivity index (χ1n) is 9.17. The fraction of sp³-hybridized carbons (Fsp3) is 0.100. The molecule has 0 amide bonds. The van der Waals surface area contributed by atoms with E-state index in [9.17, 15) is 31.1 Å². The number of pyridine rings is 3. The quantitative estimate of drug-likeness (QED) is 0.394. The van der Waals surface area contributed by atoms with Crippen LogP contribution in [0.25, 0.3) is 22.4 Å². The monoisotopic (exact) mass is 480 g/mol. The molecule has 2 N–H and O–H groups in total. The SMILES string of the molecule is O=C(O)c1ccc(C(F)(F)F)c(-c2ccc3c(Nc4ncc(C(F)(F)F)cn4)ccnc3n2)n1. The number of fused-ring (bicyclic) bond motifs is 1. The largest absolute Gasteiger partial charge is 0.477 e. The molecule has 0 unspecified atom stereocenters. The van der Waals surface area contributed by atoms with E-state index < -0.39 is 40.8 Å². The third-order valence-corrected chi connectivity index (χ3v) is 4.49. The number of carboxylic acids is 1. The lowest BCUT2D eigenvalue weighted by atomic mass is 10.1. The maximum atomic E-state index is 13.5. The van der Waals surface area contributed by atoms with E-state index in [0.29, 0.717) is 18.5 Å². The molecule has 0 saturated heterocycles. The highest BCUT2D eigenvalue weighted by atomic mass is 19.4. The molecule has 0 bridgehead atoms. The summed E-state index contributed by atoms with van der Waals surface area (Å²) in [5, 5.41) is 12.1. The standard InChI is InChI=1S/C20H10F6N6O2/c21-19(22,23)9-7-28-18(29-8-9)32-12-5-6-27-16-10(12)1-3-13(31-16)15-11(20(24,25)26)2-4-14(30-15)17(33)34/h1-8H,(H,33,34)(H,27,28,29,31,32). The molecule has 4 aromatic rings. The van der Waals surface area contributed by atoms with Crippen LogP contribution in [0.15, 0.2) is 48.9 Å². The average molecular weight is 480 g/mol. The van der Waals surface area contributed by atoms with Gasteiger partial charge in [-0.05, 0) is 30.3 Å². The smallest absolute Gasteiger partial charge is 0.419 e. The zero-order valence-electron chi connectivity index (χ0n) is 16.5. The molecular weight excluding hydrogens is 470 g/mol. The van der Waals surface area contributed by atoms with Crippen molar-refractivity contribution >= 4 is 28.6 Å². The van der Waals surface area contributed by atoms with Crippen LogP contribution < -0.4 is 5.32 Å². The number of anilines is 2. The molecule has 0 fully saturated rings. The molecular formula is C20H10F6N6O2. The fourth-order valence-corrected chi connectivity index (χ4v) is 2.93. The molecule has 14 heteroatoms. The van der Waals surface area contributed by atoms with Gasteiger partial charge in [-0.1, -0.05) is 0 Å². The summed E-state index contributed by atoms with van der Waals surface area (Å²) in [4.78, 5) is 30.1. The second-order valence-corrected chi connectivity index (χ2v) is 6.74. The molecule has 4 rings (SSSR count). The van der Waals surface area contributed by atoms with Crippen LogP contribution in [-0.2, 0) is 12.4 Å². The highest BCUT2D eigenvalue weighted by Crippen LogP contribution is 2.36. The van der Waals surface area contributed by atoms with Crippen molar-refractivity contribution in [2.75, 3.05) is 5.32 Å². The van der Waals surface area contributed by atoms with Gasteiger partial charge < -0.3 is 10.4 Å². The van der Waals surface area contributed by atoms with Gasteiger partial charge in [0, 0.05) is 24.0 Å². The molecule has 4 aromatic heterocycles. The molecule has 174 valence electrons. The normalized spacial score (nSPS) is 12.1. The van der Waals surface area contributed by atoms with E-state index in [1.807, 2.05) is 0 Å². The zero-order valence-corrected chi connectivity index (χ0v) is 16.5. The molecule has 0 aromatic carbocycles. The average Bonchev–Trinajstić information content (AvgIpc) is 2.77. The van der Waals surface area contributed by atoms with Crippen molar-refractivity contribution < 1.29 is 36.2 Å². The van der Waals surface area contributed by atoms with E-state index in [4.69, 9.17) is 5.11 Å². The van der Waals surface area contributed by atoms with Gasteiger partial charge in [-0.15, -0.1) is 0 Å². The summed E-state index contributed by atoms with van der Waals surface area (Å²) in [7, 11) is 0. The molecule has 0 atom stereocenters. The van der Waals surface area contributed by atoms with E-state index in [0.717, 1.165) is 6.07 Å². The van der Waals surface area contributed by atoms with Crippen molar-refractivity contribution in [2.24, 2.45) is 0 Å². The Morgan fingerprint density at radius 2 is 1.56 bits per heavy atom. The number of nitrogens with zero attached hydrogens (tertiary/aromatic N) is 5. The molecule has 34 heavy (non-hydrogen) atoms. The third-order valence-electron chi connectivity index (χ3n) is 4.49. The van der Waals surface area contributed by atoms with Crippen LogP contribution in [0.3, 0.4) is 0 Å². The first kappa shape index (κ1) is 22.8. The number of nitrogens with one attached hydrogen (secondary N) is 1. The van der Waals surface area contributed by atoms with Crippen LogP contribution in [-0.4, -0.2) is 36.0 Å². The van der Waals surface area contributed by atoms with Crippen LogP contribution in [0.5, 0.6) is 0 Å². The van der Waals surface area contributed by atoms with Crippen molar-refractivity contribution in [3.63, 3.8) is 0 Å². The number of aromatic nitrogens is 5. The van der Waals surface area contributed by atoms with Crippen molar-refractivity contribution in [1.82, 2.24) is 24.9 Å². The summed E-state index contributed by atoms with van der Waals surface area (Å²) in [5.74, 6) is -1.68. The second kappa shape index (κ2) is 8.20. The number of aromatic carboxylic acids is 1. The van der Waals surface area contributed by atoms with E-state index in [1.54, 1.807) is 0 Å². The molecule has 0 aliphatic carbocycles. The van der Waals surface area contributed by atoms with Gasteiger partial charge in [0.05, 0.1) is 22.5 Å². The summed E-state index contributed by atoms with van der Waals surface area (Å²) < 4.78 is 78.4.